The van der Waals surface area contributed by atoms with Gasteiger partial charge in [0, 0.05) is 6.42 Å². The van der Waals surface area contributed by atoms with E-state index in [1.807, 2.05) is 0 Å². The van der Waals surface area contributed by atoms with Crippen LogP contribution in [0.2, 0.25) is 0 Å². The third kappa shape index (κ3) is 5.34. The molecule has 0 bridgehead atoms. The van der Waals surface area contributed by atoms with E-state index in [0.29, 0.717) is 18.8 Å². The van der Waals surface area contributed by atoms with Crippen LogP contribution in [0.15, 0.2) is 24.3 Å². The number of rotatable bonds is 8. The van der Waals surface area contributed by atoms with Crippen molar-refractivity contribution < 1.29 is 24.5 Å². The van der Waals surface area contributed by atoms with Crippen molar-refractivity contribution in [1.82, 2.24) is 0 Å². The standard InChI is InChI=1S/C13H16O5/c14-12(15)4-2-1-3-9-18-11-7-5-10(6-8-11)13(16)17/h5-8H,1-4,9H2,(H,14,15)(H,16,17). The maximum absolute atomic E-state index is 10.6. The maximum atomic E-state index is 10.6. The first-order chi connectivity index (χ1) is 8.59. The van der Waals surface area contributed by atoms with Crippen molar-refractivity contribution in [2.45, 2.75) is 25.7 Å². The first kappa shape index (κ1) is 14.0. The Labute approximate surface area is 105 Å². The summed E-state index contributed by atoms with van der Waals surface area (Å²) in [4.78, 5) is 20.9. The van der Waals surface area contributed by atoms with Crippen LogP contribution in [0, 0.1) is 0 Å². The summed E-state index contributed by atoms with van der Waals surface area (Å²) in [6, 6.07) is 6.20. The third-order valence-electron chi connectivity index (χ3n) is 2.40. The predicted molar refractivity (Wildman–Crippen MR) is 65.0 cm³/mol. The first-order valence-electron chi connectivity index (χ1n) is 5.77. The van der Waals surface area contributed by atoms with Crippen LogP contribution >= 0.6 is 0 Å². The zero-order valence-electron chi connectivity index (χ0n) is 9.96. The molecule has 1 aromatic carbocycles. The lowest BCUT2D eigenvalue weighted by Gasteiger charge is -2.05. The molecule has 0 radical (unpaired) electrons. The van der Waals surface area contributed by atoms with Crippen molar-refractivity contribution in [3.63, 3.8) is 0 Å². The molecule has 5 nitrogen and oxygen atoms in total. The molecule has 18 heavy (non-hydrogen) atoms. The van der Waals surface area contributed by atoms with E-state index >= 15 is 0 Å². The average molecular weight is 252 g/mol. The molecule has 1 rings (SSSR count). The summed E-state index contributed by atoms with van der Waals surface area (Å²) in [7, 11) is 0. The summed E-state index contributed by atoms with van der Waals surface area (Å²) in [5, 5.41) is 17.1. The van der Waals surface area contributed by atoms with E-state index in [2.05, 4.69) is 0 Å². The van der Waals surface area contributed by atoms with Gasteiger partial charge in [-0.2, -0.15) is 0 Å². The molecule has 0 unspecified atom stereocenters. The van der Waals surface area contributed by atoms with Crippen molar-refractivity contribution in [2.75, 3.05) is 6.61 Å². The predicted octanol–water partition coefficient (Wildman–Crippen LogP) is 2.41. The van der Waals surface area contributed by atoms with E-state index in [1.165, 1.54) is 12.1 Å². The largest absolute Gasteiger partial charge is 0.494 e. The number of unbranched alkanes of at least 4 members (excludes halogenated alkanes) is 2. The molecule has 0 spiro atoms. The second kappa shape index (κ2) is 7.32. The van der Waals surface area contributed by atoms with E-state index < -0.39 is 11.9 Å². The topological polar surface area (TPSA) is 83.8 Å². The zero-order valence-corrected chi connectivity index (χ0v) is 9.96. The van der Waals surface area contributed by atoms with E-state index in [9.17, 15) is 9.59 Å². The Bertz CT molecular complexity index is 396. The van der Waals surface area contributed by atoms with Gasteiger partial charge in [0.25, 0.3) is 0 Å². The van der Waals surface area contributed by atoms with Gasteiger partial charge in [0.2, 0.25) is 0 Å². The van der Waals surface area contributed by atoms with Gasteiger partial charge < -0.3 is 14.9 Å². The molecule has 0 amide bonds. The normalized spacial score (nSPS) is 10.0. The van der Waals surface area contributed by atoms with Crippen LogP contribution in [-0.2, 0) is 4.79 Å². The van der Waals surface area contributed by atoms with E-state index in [4.69, 9.17) is 14.9 Å². The fraction of sp³-hybridized carbons (Fsp3) is 0.385. The van der Waals surface area contributed by atoms with Crippen LogP contribution in [0.4, 0.5) is 0 Å². The fourth-order valence-corrected chi connectivity index (χ4v) is 1.44. The van der Waals surface area contributed by atoms with Crippen molar-refractivity contribution in [3.05, 3.63) is 29.8 Å². The maximum Gasteiger partial charge on any atom is 0.335 e. The Morgan fingerprint density at radius 1 is 1.00 bits per heavy atom. The van der Waals surface area contributed by atoms with E-state index in [0.717, 1.165) is 12.8 Å². The van der Waals surface area contributed by atoms with Gasteiger partial charge in [0.15, 0.2) is 0 Å². The summed E-state index contributed by atoms with van der Waals surface area (Å²) in [6.07, 6.45) is 2.43. The summed E-state index contributed by atoms with van der Waals surface area (Å²) in [6.45, 7) is 0.506. The van der Waals surface area contributed by atoms with Crippen molar-refractivity contribution in [2.24, 2.45) is 0 Å². The Morgan fingerprint density at radius 3 is 2.22 bits per heavy atom. The number of aromatic carboxylic acids is 1. The fourth-order valence-electron chi connectivity index (χ4n) is 1.44. The summed E-state index contributed by atoms with van der Waals surface area (Å²) >= 11 is 0. The lowest BCUT2D eigenvalue weighted by molar-refractivity contribution is -0.137. The number of carboxylic acids is 2. The van der Waals surface area contributed by atoms with Crippen LogP contribution in [0.3, 0.4) is 0 Å². The minimum atomic E-state index is -0.963. The molecule has 0 saturated carbocycles. The molecule has 5 heteroatoms. The van der Waals surface area contributed by atoms with Gasteiger partial charge in [-0.05, 0) is 43.5 Å². The first-order valence-corrected chi connectivity index (χ1v) is 5.77. The van der Waals surface area contributed by atoms with Gasteiger partial charge in [0.05, 0.1) is 12.2 Å². The smallest absolute Gasteiger partial charge is 0.335 e. The minimum absolute atomic E-state index is 0.188. The molecule has 98 valence electrons. The van der Waals surface area contributed by atoms with Crippen molar-refractivity contribution in [3.8, 4) is 5.75 Å². The molecule has 0 saturated heterocycles. The van der Waals surface area contributed by atoms with E-state index in [1.54, 1.807) is 12.1 Å². The molecule has 0 aliphatic rings. The lowest BCUT2D eigenvalue weighted by atomic mass is 10.2. The molecule has 0 aliphatic carbocycles. The number of hydrogen-bond acceptors (Lipinski definition) is 3. The average Bonchev–Trinajstić information content (AvgIpc) is 2.34. The number of benzene rings is 1. The summed E-state index contributed by atoms with van der Waals surface area (Å²) < 4.78 is 5.41. The second-order valence-corrected chi connectivity index (χ2v) is 3.88. The molecule has 0 heterocycles. The van der Waals surface area contributed by atoms with Gasteiger partial charge in [-0.25, -0.2) is 4.79 Å². The van der Waals surface area contributed by atoms with E-state index in [-0.39, 0.29) is 12.0 Å². The van der Waals surface area contributed by atoms with Gasteiger partial charge in [-0.1, -0.05) is 0 Å². The van der Waals surface area contributed by atoms with Gasteiger partial charge in [-0.15, -0.1) is 0 Å². The highest BCUT2D eigenvalue weighted by atomic mass is 16.5. The summed E-state index contributed by atoms with van der Waals surface area (Å²) in [5.74, 6) is -1.12. The highest BCUT2D eigenvalue weighted by Gasteiger charge is 2.02. The van der Waals surface area contributed by atoms with Crippen LogP contribution in [-0.4, -0.2) is 28.8 Å². The number of aliphatic carboxylic acids is 1. The number of carboxylic acid groups (broad SMARTS) is 2. The van der Waals surface area contributed by atoms with Gasteiger partial charge >= 0.3 is 11.9 Å². The lowest BCUT2D eigenvalue weighted by Crippen LogP contribution is -2.00. The number of ether oxygens (including phenoxy) is 1. The Kier molecular flexibility index (Phi) is 5.70. The van der Waals surface area contributed by atoms with Gasteiger partial charge in [-0.3, -0.25) is 4.79 Å². The third-order valence-corrected chi connectivity index (χ3v) is 2.40. The highest BCUT2D eigenvalue weighted by Crippen LogP contribution is 2.13. The minimum Gasteiger partial charge on any atom is -0.494 e. The van der Waals surface area contributed by atoms with Crippen molar-refractivity contribution >= 4 is 11.9 Å². The second-order valence-electron chi connectivity index (χ2n) is 3.88. The zero-order chi connectivity index (χ0) is 13.4. The molecule has 1 aromatic rings. The van der Waals surface area contributed by atoms with Crippen LogP contribution in [0.5, 0.6) is 5.75 Å². The van der Waals surface area contributed by atoms with Crippen LogP contribution < -0.4 is 4.74 Å². The van der Waals surface area contributed by atoms with Gasteiger partial charge in [0.1, 0.15) is 5.75 Å². The SMILES string of the molecule is O=C(O)CCCCCOc1ccc(C(=O)O)cc1. The molecule has 0 aliphatic heterocycles. The Morgan fingerprint density at radius 2 is 1.67 bits per heavy atom. The molecule has 0 aromatic heterocycles. The molecule has 0 atom stereocenters. The molecule has 0 fully saturated rings. The number of carbonyl (C=O) groups is 2. The Hall–Kier alpha value is -2.04. The van der Waals surface area contributed by atoms with Crippen LogP contribution in [0.25, 0.3) is 0 Å². The number of hydrogen-bond donors (Lipinski definition) is 2. The van der Waals surface area contributed by atoms with Crippen LogP contribution in [0.1, 0.15) is 36.0 Å². The monoisotopic (exact) mass is 252 g/mol. The molecular weight excluding hydrogens is 236 g/mol. The highest BCUT2D eigenvalue weighted by molar-refractivity contribution is 5.87. The Balaban J connectivity index is 2.19. The summed E-state index contributed by atoms with van der Waals surface area (Å²) in [5.41, 5.74) is 0.226. The quantitative estimate of drug-likeness (QED) is 0.694. The molecule has 2 N–H and O–H groups in total. The van der Waals surface area contributed by atoms with Crippen molar-refractivity contribution in [1.29, 1.82) is 0 Å². The molecular formula is C13H16O5.